The second kappa shape index (κ2) is 9.04. The summed E-state index contributed by atoms with van der Waals surface area (Å²) in [4.78, 5) is 32.1. The second-order valence-corrected chi connectivity index (χ2v) is 7.19. The first kappa shape index (κ1) is 21.9. The Labute approximate surface area is 190 Å². The Kier molecular flexibility index (Phi) is 5.99. The van der Waals surface area contributed by atoms with Crippen LogP contribution in [0.2, 0.25) is 0 Å². The van der Waals surface area contributed by atoms with Gasteiger partial charge in [0.2, 0.25) is 0 Å². The fourth-order valence-corrected chi connectivity index (χ4v) is 3.80. The number of carbonyl (C=O) groups is 2. The number of ether oxygens (including phenoxy) is 3. The highest BCUT2D eigenvalue weighted by Crippen LogP contribution is 2.43. The zero-order valence-corrected chi connectivity index (χ0v) is 18.3. The van der Waals surface area contributed by atoms with Crippen molar-refractivity contribution in [2.75, 3.05) is 26.2 Å². The van der Waals surface area contributed by atoms with Crippen LogP contribution in [-0.2, 0) is 9.59 Å². The zero-order chi connectivity index (χ0) is 23.5. The number of Topliss-reactive ketones (excluding diaryl/α,β-unsaturated/α-hetero) is 1. The molecule has 0 bridgehead atoms. The number of carbonyl (C=O) groups excluding carboxylic acids is 2. The first-order chi connectivity index (χ1) is 16.0. The van der Waals surface area contributed by atoms with E-state index >= 15 is 0 Å². The molecule has 168 valence electrons. The average Bonchev–Trinajstić information content (AvgIpc) is 3.14. The van der Waals surface area contributed by atoms with E-state index < -0.39 is 17.7 Å². The van der Waals surface area contributed by atoms with Crippen LogP contribution in [0.15, 0.2) is 72.4 Å². The number of aliphatic hydroxyl groups excluding tert-OH is 1. The predicted octanol–water partition coefficient (Wildman–Crippen LogP) is 3.73. The quantitative estimate of drug-likeness (QED) is 0.350. The summed E-state index contributed by atoms with van der Waals surface area (Å²) >= 11 is 0. The summed E-state index contributed by atoms with van der Waals surface area (Å²) in [5.41, 5.74) is 1.07. The number of hydrogen-bond acceptors (Lipinski definition) is 7. The number of ketones is 1. The molecule has 3 aromatic rings. The number of benzene rings is 2. The molecule has 1 N–H and O–H groups in total. The number of hydrogen-bond donors (Lipinski definition) is 1. The molecule has 0 radical (unpaired) electrons. The van der Waals surface area contributed by atoms with Crippen molar-refractivity contribution in [1.29, 1.82) is 0 Å². The van der Waals surface area contributed by atoms with Gasteiger partial charge >= 0.3 is 0 Å². The minimum atomic E-state index is -0.939. The van der Waals surface area contributed by atoms with Crippen molar-refractivity contribution in [2.24, 2.45) is 0 Å². The number of methoxy groups -OCH3 is 3. The van der Waals surface area contributed by atoms with Crippen LogP contribution in [0.5, 0.6) is 17.2 Å². The van der Waals surface area contributed by atoms with E-state index in [4.69, 9.17) is 14.2 Å². The van der Waals surface area contributed by atoms with Gasteiger partial charge in [-0.15, -0.1) is 0 Å². The van der Waals surface area contributed by atoms with Crippen molar-refractivity contribution in [2.45, 2.75) is 6.04 Å². The third-order valence-electron chi connectivity index (χ3n) is 5.43. The van der Waals surface area contributed by atoms with Gasteiger partial charge in [0.15, 0.2) is 0 Å². The van der Waals surface area contributed by atoms with Crippen LogP contribution in [0.3, 0.4) is 0 Å². The van der Waals surface area contributed by atoms with Crippen molar-refractivity contribution < 1.29 is 28.9 Å². The molecule has 1 aliphatic rings. The number of aliphatic hydroxyl groups is 1. The van der Waals surface area contributed by atoms with Crippen LogP contribution in [0, 0.1) is 0 Å². The average molecular weight is 446 g/mol. The SMILES string of the molecule is COc1ccc(N2C(=O)C(=O)/C(=C(\O)c3ccc(OC)cc3OC)C2c2ccccn2)cc1. The lowest BCUT2D eigenvalue weighted by Gasteiger charge is -2.24. The van der Waals surface area contributed by atoms with Crippen LogP contribution >= 0.6 is 0 Å². The highest BCUT2D eigenvalue weighted by atomic mass is 16.5. The number of pyridine rings is 1. The Balaban J connectivity index is 1.93. The molecule has 1 aromatic heterocycles. The van der Waals surface area contributed by atoms with E-state index in [1.54, 1.807) is 66.9 Å². The van der Waals surface area contributed by atoms with Gasteiger partial charge in [-0.3, -0.25) is 19.5 Å². The molecule has 1 aliphatic heterocycles. The minimum Gasteiger partial charge on any atom is -0.507 e. The maximum absolute atomic E-state index is 13.2. The molecule has 1 unspecified atom stereocenters. The zero-order valence-electron chi connectivity index (χ0n) is 18.3. The topological polar surface area (TPSA) is 98.2 Å². The Morgan fingerprint density at radius 3 is 2.21 bits per heavy atom. The number of anilines is 1. The molecule has 4 rings (SSSR count). The van der Waals surface area contributed by atoms with Crippen molar-refractivity contribution in [3.8, 4) is 17.2 Å². The van der Waals surface area contributed by atoms with Crippen LogP contribution in [0.1, 0.15) is 17.3 Å². The van der Waals surface area contributed by atoms with E-state index in [0.717, 1.165) is 0 Å². The molecule has 8 heteroatoms. The van der Waals surface area contributed by atoms with Gasteiger partial charge in [0.25, 0.3) is 11.7 Å². The molecule has 2 heterocycles. The number of amides is 1. The van der Waals surface area contributed by atoms with Crippen LogP contribution in [0.4, 0.5) is 5.69 Å². The normalized spacial score (nSPS) is 17.2. The Bertz CT molecular complexity index is 1220. The van der Waals surface area contributed by atoms with E-state index in [1.165, 1.54) is 26.2 Å². The summed E-state index contributed by atoms with van der Waals surface area (Å²) in [6.07, 6.45) is 1.57. The Morgan fingerprint density at radius 2 is 1.61 bits per heavy atom. The molecule has 1 amide bonds. The van der Waals surface area contributed by atoms with Gasteiger partial charge in [0.05, 0.1) is 38.2 Å². The van der Waals surface area contributed by atoms with Gasteiger partial charge in [-0.05, 0) is 48.5 Å². The molecule has 0 saturated carbocycles. The number of aromatic nitrogens is 1. The van der Waals surface area contributed by atoms with Gasteiger partial charge in [-0.2, -0.15) is 0 Å². The van der Waals surface area contributed by atoms with Crippen molar-refractivity contribution in [3.63, 3.8) is 0 Å². The lowest BCUT2D eigenvalue weighted by atomic mass is 9.97. The van der Waals surface area contributed by atoms with Gasteiger partial charge < -0.3 is 19.3 Å². The number of nitrogens with zero attached hydrogens (tertiary/aromatic N) is 2. The molecule has 0 aliphatic carbocycles. The van der Waals surface area contributed by atoms with Crippen molar-refractivity contribution in [1.82, 2.24) is 4.98 Å². The third kappa shape index (κ3) is 3.87. The summed E-state index contributed by atoms with van der Waals surface area (Å²) in [7, 11) is 4.49. The predicted molar refractivity (Wildman–Crippen MR) is 122 cm³/mol. The van der Waals surface area contributed by atoms with E-state index in [0.29, 0.717) is 28.6 Å². The Morgan fingerprint density at radius 1 is 0.909 bits per heavy atom. The van der Waals surface area contributed by atoms with E-state index in [1.807, 2.05) is 0 Å². The fourth-order valence-electron chi connectivity index (χ4n) is 3.80. The maximum atomic E-state index is 13.2. The molecule has 8 nitrogen and oxygen atoms in total. The second-order valence-electron chi connectivity index (χ2n) is 7.19. The number of rotatable bonds is 6. The fraction of sp³-hybridized carbons (Fsp3) is 0.160. The van der Waals surface area contributed by atoms with E-state index in [2.05, 4.69) is 4.98 Å². The summed E-state index contributed by atoms with van der Waals surface area (Å²) < 4.78 is 15.8. The van der Waals surface area contributed by atoms with Crippen molar-refractivity contribution in [3.05, 3.63) is 83.7 Å². The third-order valence-corrected chi connectivity index (χ3v) is 5.43. The summed E-state index contributed by atoms with van der Waals surface area (Å²) in [6, 6.07) is 15.8. The molecule has 33 heavy (non-hydrogen) atoms. The van der Waals surface area contributed by atoms with E-state index in [-0.39, 0.29) is 16.9 Å². The standard InChI is InChI=1S/C25H22N2O6/c1-31-16-9-7-15(8-10-16)27-22(19-6-4-5-13-26-19)21(24(29)25(27)30)23(28)18-12-11-17(32-2)14-20(18)33-3/h4-14,22,28H,1-3H3/b23-21-. The van der Waals surface area contributed by atoms with E-state index in [9.17, 15) is 14.7 Å². The summed E-state index contributed by atoms with van der Waals surface area (Å²) in [5, 5.41) is 11.3. The first-order valence-corrected chi connectivity index (χ1v) is 10.1. The highest BCUT2D eigenvalue weighted by Gasteiger charge is 2.47. The van der Waals surface area contributed by atoms with Gasteiger partial charge in [-0.1, -0.05) is 6.07 Å². The summed E-state index contributed by atoms with van der Waals surface area (Å²) in [6.45, 7) is 0. The minimum absolute atomic E-state index is 0.0852. The first-order valence-electron chi connectivity index (χ1n) is 10.1. The van der Waals surface area contributed by atoms with Gasteiger partial charge in [-0.25, -0.2) is 0 Å². The molecule has 1 atom stereocenters. The van der Waals surface area contributed by atoms with Gasteiger partial charge in [0.1, 0.15) is 29.0 Å². The van der Waals surface area contributed by atoms with Crippen molar-refractivity contribution >= 4 is 23.1 Å². The molecular formula is C25H22N2O6. The lowest BCUT2D eigenvalue weighted by molar-refractivity contribution is -0.132. The molecule has 0 spiro atoms. The smallest absolute Gasteiger partial charge is 0.300 e. The largest absolute Gasteiger partial charge is 0.507 e. The van der Waals surface area contributed by atoms with Crippen LogP contribution in [0.25, 0.3) is 5.76 Å². The Hall–Kier alpha value is -4.33. The maximum Gasteiger partial charge on any atom is 0.300 e. The molecule has 1 saturated heterocycles. The lowest BCUT2D eigenvalue weighted by Crippen LogP contribution is -2.29. The molecule has 2 aromatic carbocycles. The summed E-state index contributed by atoms with van der Waals surface area (Å²) in [5.74, 6) is -0.542. The molecule has 1 fully saturated rings. The van der Waals surface area contributed by atoms with Crippen LogP contribution in [-0.4, -0.2) is 43.1 Å². The van der Waals surface area contributed by atoms with Gasteiger partial charge in [0, 0.05) is 18.0 Å². The monoisotopic (exact) mass is 446 g/mol. The highest BCUT2D eigenvalue weighted by molar-refractivity contribution is 6.51. The van der Waals surface area contributed by atoms with Crippen LogP contribution < -0.4 is 19.1 Å². The molecular weight excluding hydrogens is 424 g/mol.